The Kier molecular flexibility index (Phi) is 6.30. The van der Waals surface area contributed by atoms with Gasteiger partial charge in [0.05, 0.1) is 0 Å². The zero-order chi connectivity index (χ0) is 15.0. The maximum atomic E-state index is 3.99. The van der Waals surface area contributed by atoms with Crippen molar-refractivity contribution in [1.29, 1.82) is 0 Å². The van der Waals surface area contributed by atoms with E-state index in [0.717, 1.165) is 18.5 Å². The number of rotatable bonds is 7. The molecule has 0 aliphatic heterocycles. The summed E-state index contributed by atoms with van der Waals surface area (Å²) < 4.78 is 0. The zero-order valence-corrected chi connectivity index (χ0v) is 13.2. The highest BCUT2D eigenvalue weighted by atomic mass is 14.8. The van der Waals surface area contributed by atoms with Crippen LogP contribution >= 0.6 is 0 Å². The van der Waals surface area contributed by atoms with Crippen LogP contribution in [0.3, 0.4) is 0 Å². The molecule has 0 amide bonds. The summed E-state index contributed by atoms with van der Waals surface area (Å²) in [6.45, 7) is 10.5. The van der Waals surface area contributed by atoms with Crippen molar-refractivity contribution in [2.75, 3.05) is 12.4 Å². The van der Waals surface area contributed by atoms with Crippen molar-refractivity contribution >= 4 is 11.8 Å². The van der Waals surface area contributed by atoms with Gasteiger partial charge in [-0.05, 0) is 44.4 Å². The van der Waals surface area contributed by atoms with Crippen LogP contribution in [-0.2, 0) is 0 Å². The zero-order valence-electron chi connectivity index (χ0n) is 13.2. The van der Waals surface area contributed by atoms with Crippen LogP contribution in [0.5, 0.6) is 0 Å². The second-order valence-electron chi connectivity index (χ2n) is 5.74. The third kappa shape index (κ3) is 5.48. The number of hydrogen-bond donors (Lipinski definition) is 1. The molecule has 1 N–H and O–H groups in total. The highest BCUT2D eigenvalue weighted by molar-refractivity contribution is 5.55. The fourth-order valence-corrected chi connectivity index (χ4v) is 1.97. The predicted molar refractivity (Wildman–Crippen MR) is 92.0 cm³/mol. The van der Waals surface area contributed by atoms with Crippen LogP contribution in [0.25, 0.3) is 6.08 Å². The quantitative estimate of drug-likeness (QED) is 0.628. The molecule has 0 aliphatic carbocycles. The Morgan fingerprint density at radius 3 is 2.40 bits per heavy atom. The molecule has 1 atom stereocenters. The minimum absolute atomic E-state index is 0.0492. The van der Waals surface area contributed by atoms with Crippen LogP contribution in [0.1, 0.15) is 39.2 Å². The number of anilines is 1. The average molecular weight is 269 g/mol. The topological polar surface area (TPSA) is 12.0 Å². The molecule has 0 spiro atoms. The molecular weight excluding hydrogens is 242 g/mol. The van der Waals surface area contributed by atoms with Crippen molar-refractivity contribution < 1.29 is 0 Å². The van der Waals surface area contributed by atoms with E-state index < -0.39 is 0 Å². The lowest BCUT2D eigenvalue weighted by Gasteiger charge is -2.20. The lowest BCUT2D eigenvalue weighted by Crippen LogP contribution is -2.08. The molecule has 0 fully saturated rings. The van der Waals surface area contributed by atoms with Crippen LogP contribution in [0, 0.1) is 5.41 Å². The lowest BCUT2D eigenvalue weighted by atomic mass is 9.84. The molecule has 108 valence electrons. The van der Waals surface area contributed by atoms with Gasteiger partial charge in [0, 0.05) is 18.2 Å². The third-order valence-corrected chi connectivity index (χ3v) is 3.56. The van der Waals surface area contributed by atoms with Crippen molar-refractivity contribution in [2.45, 2.75) is 33.6 Å². The summed E-state index contributed by atoms with van der Waals surface area (Å²) in [4.78, 5) is 0. The molecule has 1 heteroatoms. The van der Waals surface area contributed by atoms with Crippen LogP contribution in [0.2, 0.25) is 0 Å². The molecule has 1 aromatic rings. The fourth-order valence-electron chi connectivity index (χ4n) is 1.97. The van der Waals surface area contributed by atoms with Gasteiger partial charge in [-0.1, -0.05) is 48.9 Å². The first-order valence-corrected chi connectivity index (χ1v) is 7.23. The van der Waals surface area contributed by atoms with Gasteiger partial charge in [-0.15, -0.1) is 6.58 Å². The monoisotopic (exact) mass is 269 g/mol. The maximum Gasteiger partial charge on any atom is 0.0337 e. The second-order valence-corrected chi connectivity index (χ2v) is 5.74. The Balaban J connectivity index is 2.72. The Morgan fingerprint density at radius 1 is 1.25 bits per heavy atom. The van der Waals surface area contributed by atoms with Crippen LogP contribution in [-0.4, -0.2) is 7.05 Å². The van der Waals surface area contributed by atoms with E-state index in [1.165, 1.54) is 11.1 Å². The summed E-state index contributed by atoms with van der Waals surface area (Å²) in [5, 5.41) is 3.13. The molecule has 0 radical (unpaired) electrons. The van der Waals surface area contributed by atoms with E-state index >= 15 is 0 Å². The normalized spacial score (nSPS) is 13.8. The predicted octanol–water partition coefficient (Wildman–Crippen LogP) is 5.68. The summed E-state index contributed by atoms with van der Waals surface area (Å²) in [6.07, 6.45) is 11.0. The first-order chi connectivity index (χ1) is 9.49. The Hall–Kier alpha value is -1.76. The third-order valence-electron chi connectivity index (χ3n) is 3.56. The molecular formula is C19H27N. The van der Waals surface area contributed by atoms with E-state index in [2.05, 4.69) is 75.2 Å². The maximum absolute atomic E-state index is 3.99. The van der Waals surface area contributed by atoms with Gasteiger partial charge in [-0.3, -0.25) is 0 Å². The molecule has 1 rings (SSSR count). The van der Waals surface area contributed by atoms with Gasteiger partial charge in [0.1, 0.15) is 0 Å². The summed E-state index contributed by atoms with van der Waals surface area (Å²) in [5.41, 5.74) is 3.78. The average Bonchev–Trinajstić information content (AvgIpc) is 2.45. The number of benzene rings is 1. The molecule has 0 aromatic heterocycles. The molecule has 0 heterocycles. The lowest BCUT2D eigenvalue weighted by molar-refractivity contribution is 0.508. The first-order valence-electron chi connectivity index (χ1n) is 7.23. The second kappa shape index (κ2) is 7.74. The van der Waals surface area contributed by atoms with E-state index in [9.17, 15) is 0 Å². The molecule has 0 saturated carbocycles. The van der Waals surface area contributed by atoms with Gasteiger partial charge in [0.15, 0.2) is 0 Å². The molecule has 0 saturated heterocycles. The van der Waals surface area contributed by atoms with Crippen molar-refractivity contribution in [1.82, 2.24) is 0 Å². The van der Waals surface area contributed by atoms with E-state index in [1.807, 2.05) is 13.1 Å². The van der Waals surface area contributed by atoms with Crippen LogP contribution in [0.15, 0.2) is 54.6 Å². The number of allylic oxidation sites excluding steroid dienone is 4. The van der Waals surface area contributed by atoms with Gasteiger partial charge in [-0.2, -0.15) is 0 Å². The molecule has 20 heavy (non-hydrogen) atoms. The van der Waals surface area contributed by atoms with Gasteiger partial charge in [0.25, 0.3) is 0 Å². The van der Waals surface area contributed by atoms with Crippen molar-refractivity contribution in [3.05, 3.63) is 60.2 Å². The van der Waals surface area contributed by atoms with E-state index in [1.54, 1.807) is 0 Å². The summed E-state index contributed by atoms with van der Waals surface area (Å²) >= 11 is 0. The fraction of sp³-hybridized carbons (Fsp3) is 0.368. The Labute approximate surface area is 124 Å². The van der Waals surface area contributed by atoms with Crippen molar-refractivity contribution in [3.63, 3.8) is 0 Å². The summed E-state index contributed by atoms with van der Waals surface area (Å²) in [5.74, 6) is 0. The standard InChI is InChI=1S/C19H27N/c1-6-19(4,14-7-8-16(2)3)15-13-17-9-11-18(20-5)12-10-17/h6,8-13,15,20H,1,7,14H2,2-5H3/b15-13+. The number of nitrogens with one attached hydrogen (secondary N) is 1. The van der Waals surface area contributed by atoms with Crippen molar-refractivity contribution in [3.8, 4) is 0 Å². The summed E-state index contributed by atoms with van der Waals surface area (Å²) in [6, 6.07) is 8.44. The molecule has 0 aliphatic rings. The molecule has 1 nitrogen and oxygen atoms in total. The molecule has 0 bridgehead atoms. The van der Waals surface area contributed by atoms with Crippen molar-refractivity contribution in [2.24, 2.45) is 5.41 Å². The summed E-state index contributed by atoms with van der Waals surface area (Å²) in [7, 11) is 1.93. The minimum Gasteiger partial charge on any atom is -0.388 e. The van der Waals surface area contributed by atoms with E-state index in [-0.39, 0.29) is 5.41 Å². The van der Waals surface area contributed by atoms with Crippen LogP contribution in [0.4, 0.5) is 5.69 Å². The highest BCUT2D eigenvalue weighted by Crippen LogP contribution is 2.28. The largest absolute Gasteiger partial charge is 0.388 e. The smallest absolute Gasteiger partial charge is 0.0337 e. The van der Waals surface area contributed by atoms with E-state index in [0.29, 0.717) is 0 Å². The van der Waals surface area contributed by atoms with Gasteiger partial charge in [0.2, 0.25) is 0 Å². The van der Waals surface area contributed by atoms with Gasteiger partial charge >= 0.3 is 0 Å². The molecule has 1 unspecified atom stereocenters. The molecule has 1 aromatic carbocycles. The van der Waals surface area contributed by atoms with E-state index in [4.69, 9.17) is 0 Å². The Morgan fingerprint density at radius 2 is 1.90 bits per heavy atom. The minimum atomic E-state index is 0.0492. The van der Waals surface area contributed by atoms with Gasteiger partial charge in [-0.25, -0.2) is 0 Å². The van der Waals surface area contributed by atoms with Crippen LogP contribution < -0.4 is 5.32 Å². The highest BCUT2D eigenvalue weighted by Gasteiger charge is 2.14. The SMILES string of the molecule is C=CC(C)(/C=C/c1ccc(NC)cc1)CCC=C(C)C. The van der Waals surface area contributed by atoms with Gasteiger partial charge < -0.3 is 5.32 Å². The number of hydrogen-bond acceptors (Lipinski definition) is 1. The Bertz CT molecular complexity index is 475. The first kappa shape index (κ1) is 16.3.